The van der Waals surface area contributed by atoms with Crippen molar-refractivity contribution < 1.29 is 23.9 Å². The number of carbonyl (C=O) groups is 3. The number of rotatable bonds is 3. The second-order valence-electron chi connectivity index (χ2n) is 4.61. The third kappa shape index (κ3) is 3.25. The molecule has 2 unspecified atom stereocenters. The maximum atomic E-state index is 12.1. The molecule has 22 heavy (non-hydrogen) atoms. The second kappa shape index (κ2) is 6.75. The largest absolute Gasteiger partial charge is 0.468 e. The smallest absolute Gasteiger partial charge is 0.332 e. The van der Waals surface area contributed by atoms with Gasteiger partial charge in [-0.2, -0.15) is 0 Å². The van der Waals surface area contributed by atoms with Gasteiger partial charge in [-0.25, -0.2) is 9.59 Å². The van der Waals surface area contributed by atoms with Crippen molar-refractivity contribution in [3.63, 3.8) is 0 Å². The Kier molecular flexibility index (Phi) is 4.77. The number of carbonyl (C=O) groups excluding carboxylic acids is 3. The first-order valence-electron chi connectivity index (χ1n) is 6.56. The first-order valence-corrected chi connectivity index (χ1v) is 6.56. The maximum Gasteiger partial charge on any atom is 0.332 e. The normalized spacial score (nSPS) is 22.5. The van der Waals surface area contributed by atoms with Gasteiger partial charge in [-0.05, 0) is 5.56 Å². The van der Waals surface area contributed by atoms with Crippen LogP contribution in [0.15, 0.2) is 42.1 Å². The monoisotopic (exact) mass is 304 g/mol. The van der Waals surface area contributed by atoms with E-state index in [0.717, 1.165) is 11.6 Å². The lowest BCUT2D eigenvalue weighted by atomic mass is 9.88. The van der Waals surface area contributed by atoms with Crippen molar-refractivity contribution in [1.29, 1.82) is 0 Å². The van der Waals surface area contributed by atoms with Crippen molar-refractivity contribution in [2.45, 2.75) is 6.04 Å². The zero-order chi connectivity index (χ0) is 16.1. The number of urea groups is 1. The van der Waals surface area contributed by atoms with E-state index < -0.39 is 29.9 Å². The van der Waals surface area contributed by atoms with Crippen LogP contribution in [0.4, 0.5) is 4.79 Å². The van der Waals surface area contributed by atoms with E-state index in [2.05, 4.69) is 15.4 Å². The highest BCUT2D eigenvalue weighted by Crippen LogP contribution is 2.30. The molecule has 2 N–H and O–H groups in total. The molecule has 2 amide bonds. The summed E-state index contributed by atoms with van der Waals surface area (Å²) in [5.41, 5.74) is 0.861. The molecule has 0 bridgehead atoms. The molecule has 0 aliphatic carbocycles. The van der Waals surface area contributed by atoms with Crippen LogP contribution in [0.1, 0.15) is 11.6 Å². The van der Waals surface area contributed by atoms with Crippen LogP contribution in [0.25, 0.3) is 0 Å². The fraction of sp³-hybridized carbons (Fsp3) is 0.267. The van der Waals surface area contributed by atoms with E-state index in [-0.39, 0.29) is 5.70 Å². The standard InChI is InChI=1S/C15H16N2O5/c1-21-11(18)8-10-12(14(19)22-2)13(17-15(20)16-10)9-6-4-3-5-7-9/h3-8,12-13H,1-2H3,(H2,16,17,20). The van der Waals surface area contributed by atoms with E-state index >= 15 is 0 Å². The van der Waals surface area contributed by atoms with Gasteiger partial charge < -0.3 is 20.1 Å². The van der Waals surface area contributed by atoms with Gasteiger partial charge in [-0.1, -0.05) is 30.3 Å². The Labute approximate surface area is 127 Å². The van der Waals surface area contributed by atoms with Gasteiger partial charge in [0.05, 0.1) is 20.3 Å². The third-order valence-corrected chi connectivity index (χ3v) is 3.30. The maximum absolute atomic E-state index is 12.1. The lowest BCUT2D eigenvalue weighted by Gasteiger charge is -2.33. The molecule has 7 heteroatoms. The van der Waals surface area contributed by atoms with Crippen LogP contribution in [-0.2, 0) is 19.1 Å². The lowest BCUT2D eigenvalue weighted by molar-refractivity contribution is -0.145. The van der Waals surface area contributed by atoms with Gasteiger partial charge in [0.2, 0.25) is 0 Å². The van der Waals surface area contributed by atoms with Crippen LogP contribution in [-0.4, -0.2) is 32.2 Å². The zero-order valence-electron chi connectivity index (χ0n) is 12.2. The van der Waals surface area contributed by atoms with Gasteiger partial charge in [0.1, 0.15) is 5.92 Å². The van der Waals surface area contributed by atoms with Crippen LogP contribution >= 0.6 is 0 Å². The number of nitrogens with one attached hydrogen (secondary N) is 2. The minimum Gasteiger partial charge on any atom is -0.468 e. The molecule has 1 saturated heterocycles. The Morgan fingerprint density at radius 2 is 1.82 bits per heavy atom. The number of benzene rings is 1. The van der Waals surface area contributed by atoms with Gasteiger partial charge in [-0.3, -0.25) is 4.79 Å². The molecular formula is C15H16N2O5. The molecular weight excluding hydrogens is 288 g/mol. The van der Waals surface area contributed by atoms with Crippen molar-refractivity contribution in [2.24, 2.45) is 5.92 Å². The fourth-order valence-electron chi connectivity index (χ4n) is 2.29. The molecule has 0 aromatic heterocycles. The predicted octanol–water partition coefficient (Wildman–Crippen LogP) is 0.887. The molecule has 2 rings (SSSR count). The lowest BCUT2D eigenvalue weighted by Crippen LogP contribution is -2.51. The van der Waals surface area contributed by atoms with Crippen LogP contribution in [0, 0.1) is 5.92 Å². The van der Waals surface area contributed by atoms with E-state index in [1.54, 1.807) is 24.3 Å². The Bertz CT molecular complexity index is 612. The number of esters is 2. The quantitative estimate of drug-likeness (QED) is 0.639. The predicted molar refractivity (Wildman–Crippen MR) is 76.5 cm³/mol. The number of hydrogen-bond acceptors (Lipinski definition) is 5. The van der Waals surface area contributed by atoms with Gasteiger partial charge in [-0.15, -0.1) is 0 Å². The van der Waals surface area contributed by atoms with Gasteiger partial charge in [0.25, 0.3) is 0 Å². The van der Waals surface area contributed by atoms with Crippen molar-refractivity contribution >= 4 is 18.0 Å². The van der Waals surface area contributed by atoms with Crippen molar-refractivity contribution in [3.05, 3.63) is 47.7 Å². The highest BCUT2D eigenvalue weighted by Gasteiger charge is 2.39. The van der Waals surface area contributed by atoms with Crippen LogP contribution in [0.2, 0.25) is 0 Å². The molecule has 2 atom stereocenters. The summed E-state index contributed by atoms with van der Waals surface area (Å²) in [6.45, 7) is 0. The topological polar surface area (TPSA) is 93.7 Å². The minimum absolute atomic E-state index is 0.135. The van der Waals surface area contributed by atoms with Crippen molar-refractivity contribution in [1.82, 2.24) is 10.6 Å². The van der Waals surface area contributed by atoms with Gasteiger partial charge in [0, 0.05) is 11.8 Å². The first-order chi connectivity index (χ1) is 10.6. The summed E-state index contributed by atoms with van der Waals surface area (Å²) < 4.78 is 9.35. The van der Waals surface area contributed by atoms with E-state index in [0.29, 0.717) is 0 Å². The van der Waals surface area contributed by atoms with Gasteiger partial charge in [0.15, 0.2) is 0 Å². The summed E-state index contributed by atoms with van der Waals surface area (Å²) in [5.74, 6) is -2.11. The van der Waals surface area contributed by atoms with Gasteiger partial charge >= 0.3 is 18.0 Å². The molecule has 1 aromatic carbocycles. The Morgan fingerprint density at radius 1 is 1.14 bits per heavy atom. The zero-order valence-corrected chi connectivity index (χ0v) is 12.2. The molecule has 0 spiro atoms. The molecule has 1 aliphatic heterocycles. The Hall–Kier alpha value is -2.83. The van der Waals surface area contributed by atoms with E-state index in [1.165, 1.54) is 14.2 Å². The average molecular weight is 304 g/mol. The third-order valence-electron chi connectivity index (χ3n) is 3.30. The van der Waals surface area contributed by atoms with Crippen molar-refractivity contribution in [2.75, 3.05) is 14.2 Å². The number of hydrogen-bond donors (Lipinski definition) is 2. The highest BCUT2D eigenvalue weighted by molar-refractivity contribution is 5.90. The number of methoxy groups -OCH3 is 2. The molecule has 1 fully saturated rings. The molecule has 1 aliphatic rings. The van der Waals surface area contributed by atoms with Crippen molar-refractivity contribution in [3.8, 4) is 0 Å². The summed E-state index contributed by atoms with van der Waals surface area (Å²) in [7, 11) is 2.46. The summed E-state index contributed by atoms with van der Waals surface area (Å²) >= 11 is 0. The molecule has 1 aromatic rings. The average Bonchev–Trinajstić information content (AvgIpc) is 2.54. The summed E-state index contributed by atoms with van der Waals surface area (Å²) in [4.78, 5) is 35.4. The molecule has 0 saturated carbocycles. The molecule has 1 heterocycles. The fourth-order valence-corrected chi connectivity index (χ4v) is 2.29. The second-order valence-corrected chi connectivity index (χ2v) is 4.61. The van der Waals surface area contributed by atoms with E-state index in [4.69, 9.17) is 4.74 Å². The molecule has 116 valence electrons. The Morgan fingerprint density at radius 3 is 2.41 bits per heavy atom. The highest BCUT2D eigenvalue weighted by atomic mass is 16.5. The molecule has 7 nitrogen and oxygen atoms in total. The Balaban J connectivity index is 2.46. The van der Waals surface area contributed by atoms with Crippen LogP contribution in [0.3, 0.4) is 0 Å². The van der Waals surface area contributed by atoms with E-state index in [1.807, 2.05) is 6.07 Å². The molecule has 0 radical (unpaired) electrons. The minimum atomic E-state index is -0.871. The number of amides is 2. The summed E-state index contributed by atoms with van der Waals surface area (Å²) in [5, 5.41) is 5.13. The van der Waals surface area contributed by atoms with E-state index in [9.17, 15) is 14.4 Å². The summed E-state index contributed by atoms with van der Waals surface area (Å²) in [6.07, 6.45) is 1.08. The first kappa shape index (κ1) is 15.6. The number of ether oxygens (including phenoxy) is 2. The van der Waals surface area contributed by atoms with Crippen LogP contribution < -0.4 is 10.6 Å². The van der Waals surface area contributed by atoms with Crippen LogP contribution in [0.5, 0.6) is 0 Å². The SMILES string of the molecule is COC(=O)C=C1NC(=O)NC(c2ccccc2)C1C(=O)OC. The summed E-state index contributed by atoms with van der Waals surface area (Å²) in [6, 6.07) is 7.82.